The summed E-state index contributed by atoms with van der Waals surface area (Å²) in [6, 6.07) is 3.02. The van der Waals surface area contributed by atoms with Gasteiger partial charge in [-0.15, -0.1) is 0 Å². The van der Waals surface area contributed by atoms with E-state index in [9.17, 15) is 4.39 Å². The molecule has 0 heterocycles. The molecule has 0 aliphatic rings. The molecule has 0 radical (unpaired) electrons. The van der Waals surface area contributed by atoms with E-state index in [2.05, 4.69) is 31.9 Å². The molecule has 0 bridgehead atoms. The summed E-state index contributed by atoms with van der Waals surface area (Å²) in [7, 11) is 0. The molecule has 1 nitrogen and oxygen atoms in total. The normalized spacial score (nSPS) is 12.9. The first kappa shape index (κ1) is 12.1. The second kappa shape index (κ2) is 5.24. The van der Waals surface area contributed by atoms with Crippen LogP contribution in [0.25, 0.3) is 0 Å². The predicted molar refractivity (Wildman–Crippen MR) is 63.6 cm³/mol. The fraction of sp³-hybridized carbons (Fsp3) is 0.400. The summed E-state index contributed by atoms with van der Waals surface area (Å²) in [6.45, 7) is 2.03. The fourth-order valence-corrected chi connectivity index (χ4v) is 2.83. The minimum Gasteiger partial charge on any atom is -0.324 e. The van der Waals surface area contributed by atoms with Gasteiger partial charge in [-0.3, -0.25) is 0 Å². The average molecular weight is 325 g/mol. The molecule has 2 N–H and O–H groups in total. The molecule has 14 heavy (non-hydrogen) atoms. The van der Waals surface area contributed by atoms with E-state index in [1.807, 2.05) is 13.0 Å². The summed E-state index contributed by atoms with van der Waals surface area (Å²) in [6.07, 6.45) is 1.74. The van der Waals surface area contributed by atoms with Gasteiger partial charge in [0.05, 0.1) is 0 Å². The fourth-order valence-electron chi connectivity index (χ4n) is 1.36. The molecule has 0 fully saturated rings. The highest BCUT2D eigenvalue weighted by molar-refractivity contribution is 9.11. The SMILES string of the molecule is CCCC(N)c1c(F)cc(Br)cc1Br. The Bertz CT molecular complexity index is 305. The molecule has 78 valence electrons. The van der Waals surface area contributed by atoms with E-state index < -0.39 is 0 Å². The molecular weight excluding hydrogens is 313 g/mol. The topological polar surface area (TPSA) is 26.0 Å². The Morgan fingerprint density at radius 1 is 1.43 bits per heavy atom. The lowest BCUT2D eigenvalue weighted by Gasteiger charge is -2.14. The van der Waals surface area contributed by atoms with Gasteiger partial charge in [-0.1, -0.05) is 45.2 Å². The number of benzene rings is 1. The molecule has 0 aromatic heterocycles. The number of halogens is 3. The van der Waals surface area contributed by atoms with E-state index >= 15 is 0 Å². The highest BCUT2D eigenvalue weighted by atomic mass is 79.9. The first-order chi connectivity index (χ1) is 6.56. The maximum Gasteiger partial charge on any atom is 0.130 e. The van der Waals surface area contributed by atoms with E-state index in [0.717, 1.165) is 17.3 Å². The summed E-state index contributed by atoms with van der Waals surface area (Å²) in [4.78, 5) is 0. The second-order valence-electron chi connectivity index (χ2n) is 3.18. The summed E-state index contributed by atoms with van der Waals surface area (Å²) >= 11 is 6.54. The molecule has 0 amide bonds. The van der Waals surface area contributed by atoms with Crippen LogP contribution in [0, 0.1) is 5.82 Å². The molecule has 1 unspecified atom stereocenters. The van der Waals surface area contributed by atoms with Gasteiger partial charge in [-0.05, 0) is 18.6 Å². The zero-order valence-electron chi connectivity index (χ0n) is 7.86. The third kappa shape index (κ3) is 2.78. The lowest BCUT2D eigenvalue weighted by Crippen LogP contribution is -2.12. The van der Waals surface area contributed by atoms with Crippen molar-refractivity contribution in [2.45, 2.75) is 25.8 Å². The van der Waals surface area contributed by atoms with Gasteiger partial charge in [-0.2, -0.15) is 0 Å². The molecular formula is C10H12Br2FN. The van der Waals surface area contributed by atoms with Gasteiger partial charge in [0.15, 0.2) is 0 Å². The highest BCUT2D eigenvalue weighted by Gasteiger charge is 2.15. The quantitative estimate of drug-likeness (QED) is 0.888. The monoisotopic (exact) mass is 323 g/mol. The summed E-state index contributed by atoms with van der Waals surface area (Å²) in [5.74, 6) is -0.257. The van der Waals surface area contributed by atoms with Gasteiger partial charge in [0.2, 0.25) is 0 Å². The smallest absolute Gasteiger partial charge is 0.130 e. The van der Waals surface area contributed by atoms with E-state index in [-0.39, 0.29) is 11.9 Å². The third-order valence-corrected chi connectivity index (χ3v) is 3.13. The lowest BCUT2D eigenvalue weighted by molar-refractivity contribution is 0.557. The Kier molecular flexibility index (Phi) is 4.54. The van der Waals surface area contributed by atoms with Gasteiger partial charge in [0, 0.05) is 20.6 Å². The maximum atomic E-state index is 13.5. The van der Waals surface area contributed by atoms with Crippen LogP contribution in [-0.4, -0.2) is 0 Å². The molecule has 1 aromatic carbocycles. The molecule has 1 rings (SSSR count). The van der Waals surface area contributed by atoms with Crippen molar-refractivity contribution in [2.75, 3.05) is 0 Å². The van der Waals surface area contributed by atoms with E-state index in [0.29, 0.717) is 10.0 Å². The van der Waals surface area contributed by atoms with Gasteiger partial charge in [0.25, 0.3) is 0 Å². The maximum absolute atomic E-state index is 13.5. The van der Waals surface area contributed by atoms with E-state index in [1.165, 1.54) is 6.07 Å². The predicted octanol–water partition coefficient (Wildman–Crippen LogP) is 4.15. The van der Waals surface area contributed by atoms with Gasteiger partial charge >= 0.3 is 0 Å². The molecule has 1 atom stereocenters. The Morgan fingerprint density at radius 3 is 2.57 bits per heavy atom. The zero-order chi connectivity index (χ0) is 10.7. The van der Waals surface area contributed by atoms with Crippen LogP contribution in [0.5, 0.6) is 0 Å². The Hall–Kier alpha value is 0.0700. The average Bonchev–Trinajstić information content (AvgIpc) is 2.01. The molecule has 0 saturated heterocycles. The summed E-state index contributed by atoms with van der Waals surface area (Å²) < 4.78 is 15.0. The van der Waals surface area contributed by atoms with Crippen molar-refractivity contribution in [3.63, 3.8) is 0 Å². The molecule has 0 aliphatic heterocycles. The van der Waals surface area contributed by atoms with Crippen LogP contribution in [0.4, 0.5) is 4.39 Å². The molecule has 1 aromatic rings. The second-order valence-corrected chi connectivity index (χ2v) is 4.95. The Morgan fingerprint density at radius 2 is 2.07 bits per heavy atom. The minimum absolute atomic E-state index is 0.234. The van der Waals surface area contributed by atoms with Crippen LogP contribution < -0.4 is 5.73 Å². The summed E-state index contributed by atoms with van der Waals surface area (Å²) in [5, 5.41) is 0. The third-order valence-electron chi connectivity index (χ3n) is 2.01. The van der Waals surface area contributed by atoms with Crippen molar-refractivity contribution in [3.8, 4) is 0 Å². The largest absolute Gasteiger partial charge is 0.324 e. The van der Waals surface area contributed by atoms with E-state index in [4.69, 9.17) is 5.73 Å². The molecule has 4 heteroatoms. The standard InChI is InChI=1S/C10H12Br2FN/c1-2-3-9(14)10-7(12)4-6(11)5-8(10)13/h4-5,9H,2-3,14H2,1H3. The van der Waals surface area contributed by atoms with E-state index in [1.54, 1.807) is 0 Å². The van der Waals surface area contributed by atoms with Crippen molar-refractivity contribution in [1.29, 1.82) is 0 Å². The molecule has 0 saturated carbocycles. The van der Waals surface area contributed by atoms with Crippen LogP contribution >= 0.6 is 31.9 Å². The minimum atomic E-state index is -0.257. The van der Waals surface area contributed by atoms with Crippen molar-refractivity contribution in [1.82, 2.24) is 0 Å². The van der Waals surface area contributed by atoms with Crippen LogP contribution in [0.1, 0.15) is 31.4 Å². The Balaban J connectivity index is 3.07. The molecule has 0 spiro atoms. The van der Waals surface area contributed by atoms with Gasteiger partial charge < -0.3 is 5.73 Å². The first-order valence-electron chi connectivity index (χ1n) is 4.46. The van der Waals surface area contributed by atoms with Gasteiger partial charge in [0.1, 0.15) is 5.82 Å². The Labute approximate surface area is 100 Å². The van der Waals surface area contributed by atoms with Crippen LogP contribution in [0.3, 0.4) is 0 Å². The first-order valence-corrected chi connectivity index (χ1v) is 6.05. The van der Waals surface area contributed by atoms with Crippen LogP contribution in [-0.2, 0) is 0 Å². The van der Waals surface area contributed by atoms with Gasteiger partial charge in [-0.25, -0.2) is 4.39 Å². The van der Waals surface area contributed by atoms with Crippen molar-refractivity contribution < 1.29 is 4.39 Å². The zero-order valence-corrected chi connectivity index (χ0v) is 11.0. The number of hydrogen-bond acceptors (Lipinski definition) is 1. The number of rotatable bonds is 3. The number of hydrogen-bond donors (Lipinski definition) is 1. The van der Waals surface area contributed by atoms with Crippen molar-refractivity contribution in [3.05, 3.63) is 32.5 Å². The van der Waals surface area contributed by atoms with Crippen LogP contribution in [0.2, 0.25) is 0 Å². The summed E-state index contributed by atoms with van der Waals surface area (Å²) in [5.41, 5.74) is 6.44. The number of nitrogens with two attached hydrogens (primary N) is 1. The van der Waals surface area contributed by atoms with Crippen LogP contribution in [0.15, 0.2) is 21.1 Å². The highest BCUT2D eigenvalue weighted by Crippen LogP contribution is 2.30. The van der Waals surface area contributed by atoms with Crippen molar-refractivity contribution >= 4 is 31.9 Å². The lowest BCUT2D eigenvalue weighted by atomic mass is 10.0. The van der Waals surface area contributed by atoms with Crippen molar-refractivity contribution in [2.24, 2.45) is 5.73 Å². The molecule has 0 aliphatic carbocycles.